The molecule has 0 aromatic carbocycles. The van der Waals surface area contributed by atoms with Crippen LogP contribution in [0.1, 0.15) is 181 Å². The van der Waals surface area contributed by atoms with Crippen LogP contribution in [0.2, 0.25) is 0 Å². The van der Waals surface area contributed by atoms with Crippen LogP contribution in [0.25, 0.3) is 0 Å². The van der Waals surface area contributed by atoms with Crippen LogP contribution in [-0.4, -0.2) is 193 Å². The molecule has 0 aromatic heterocycles. The van der Waals surface area contributed by atoms with Crippen LogP contribution in [0.4, 0.5) is 0 Å². The molecule has 19 heteroatoms. The number of aliphatic hydroxyl groups is 11. The lowest BCUT2D eigenvalue weighted by atomic mass is 9.96. The molecule has 0 saturated carbocycles. The van der Waals surface area contributed by atoms with Gasteiger partial charge < -0.3 is 89.9 Å². The van der Waals surface area contributed by atoms with Crippen molar-refractivity contribution < 1.29 is 89.4 Å². The first-order chi connectivity index (χ1) is 33.3. The maximum absolute atomic E-state index is 12.6. The zero-order chi connectivity index (χ0) is 50.6. The zero-order valence-electron chi connectivity index (χ0n) is 41.8. The van der Waals surface area contributed by atoms with Gasteiger partial charge in [-0.1, -0.05) is 162 Å². The number of carbonyl (C=O) groups excluding carboxylic acids is 1. The summed E-state index contributed by atoms with van der Waals surface area (Å²) in [6, 6.07) is -0.876. The van der Waals surface area contributed by atoms with E-state index in [9.17, 15) is 61.0 Å². The van der Waals surface area contributed by atoms with Gasteiger partial charge in [0.15, 0.2) is 18.9 Å². The number of aliphatic hydroxyl groups excluding tert-OH is 11. The predicted octanol–water partition coefficient (Wildman–Crippen LogP) is 2.48. The summed E-state index contributed by atoms with van der Waals surface area (Å²) in [5.41, 5.74) is 0. The largest absolute Gasteiger partial charge is 0.394 e. The quantitative estimate of drug-likeness (QED) is 0.0396. The molecule has 3 aliphatic rings. The number of unbranched alkanes of at least 4 members (excludes halogenated alkanes) is 22. The van der Waals surface area contributed by atoms with Crippen LogP contribution < -0.4 is 5.32 Å². The normalized spacial score (nSPS) is 32.8. The van der Waals surface area contributed by atoms with E-state index in [4.69, 9.17) is 28.4 Å². The Hall–Kier alpha value is -1.21. The summed E-state index contributed by atoms with van der Waals surface area (Å²) in [5, 5.41) is 119. The van der Waals surface area contributed by atoms with Crippen LogP contribution in [0.3, 0.4) is 0 Å². The Kier molecular flexibility index (Phi) is 32.3. The van der Waals surface area contributed by atoms with Crippen molar-refractivity contribution in [1.29, 1.82) is 0 Å². The summed E-state index contributed by atoms with van der Waals surface area (Å²) in [7, 11) is 0. The van der Waals surface area contributed by atoms with E-state index < -0.39 is 124 Å². The number of nitrogens with one attached hydrogen (secondary N) is 1. The van der Waals surface area contributed by atoms with E-state index in [1.807, 2.05) is 6.92 Å². The fourth-order valence-electron chi connectivity index (χ4n) is 9.47. The average Bonchev–Trinajstić information content (AvgIpc) is 3.34. The smallest absolute Gasteiger partial charge is 0.220 e. The second-order valence-electron chi connectivity index (χ2n) is 19.7. The SMILES string of the molecule is CCCCCCCCCCCCCCCCCCCCCCCCCC(O)C(COC1OC(CO)C(OC2OC(CO)C(OC3OC(CO)C(O)C(O)C3O)C(O)C2O)C(O)C1O)NC(=O)CCC. The summed E-state index contributed by atoms with van der Waals surface area (Å²) < 4.78 is 33.9. The number of ether oxygens (including phenoxy) is 6. The molecule has 3 fully saturated rings. The van der Waals surface area contributed by atoms with E-state index in [1.54, 1.807) is 0 Å². The Morgan fingerprint density at radius 3 is 1.23 bits per heavy atom. The molecule has 3 rings (SSSR count). The Bertz CT molecular complexity index is 1290. The molecule has 17 unspecified atom stereocenters. The Morgan fingerprint density at radius 1 is 0.464 bits per heavy atom. The third kappa shape index (κ3) is 21.7. The molecule has 0 bridgehead atoms. The molecule has 0 aromatic rings. The highest BCUT2D eigenvalue weighted by Gasteiger charge is 2.53. The first kappa shape index (κ1) is 62.1. The van der Waals surface area contributed by atoms with Gasteiger partial charge >= 0.3 is 0 Å². The molecule has 0 aliphatic carbocycles. The van der Waals surface area contributed by atoms with Crippen molar-refractivity contribution in [2.75, 3.05) is 26.4 Å². The van der Waals surface area contributed by atoms with Crippen molar-refractivity contribution in [3.63, 3.8) is 0 Å². The number of carbonyl (C=O) groups is 1. The van der Waals surface area contributed by atoms with Gasteiger partial charge in [0.2, 0.25) is 5.91 Å². The van der Waals surface area contributed by atoms with Crippen molar-refractivity contribution in [1.82, 2.24) is 5.32 Å². The van der Waals surface area contributed by atoms with Gasteiger partial charge in [0.05, 0.1) is 38.6 Å². The van der Waals surface area contributed by atoms with Gasteiger partial charge in [-0.05, 0) is 12.8 Å². The molecule has 3 saturated heterocycles. The summed E-state index contributed by atoms with van der Waals surface area (Å²) in [6.07, 6.45) is 4.22. The molecule has 0 spiro atoms. The summed E-state index contributed by atoms with van der Waals surface area (Å²) in [4.78, 5) is 12.6. The minimum atomic E-state index is -1.97. The lowest BCUT2D eigenvalue weighted by Crippen LogP contribution is -2.66. The molecular weight excluding hydrogens is 903 g/mol. The molecule has 17 atom stereocenters. The van der Waals surface area contributed by atoms with Crippen molar-refractivity contribution in [3.05, 3.63) is 0 Å². The van der Waals surface area contributed by atoms with Gasteiger partial charge in [-0.2, -0.15) is 0 Å². The first-order valence-corrected chi connectivity index (χ1v) is 26.8. The second-order valence-corrected chi connectivity index (χ2v) is 19.7. The second kappa shape index (κ2) is 35.9. The molecule has 19 nitrogen and oxygen atoms in total. The molecule has 408 valence electrons. The van der Waals surface area contributed by atoms with Crippen LogP contribution in [-0.2, 0) is 33.2 Å². The van der Waals surface area contributed by atoms with Crippen molar-refractivity contribution in [2.45, 2.75) is 285 Å². The van der Waals surface area contributed by atoms with Crippen molar-refractivity contribution in [2.24, 2.45) is 0 Å². The van der Waals surface area contributed by atoms with E-state index in [0.717, 1.165) is 25.7 Å². The van der Waals surface area contributed by atoms with E-state index in [0.29, 0.717) is 12.8 Å². The highest BCUT2D eigenvalue weighted by molar-refractivity contribution is 5.76. The summed E-state index contributed by atoms with van der Waals surface area (Å²) in [5.74, 6) is -0.295. The summed E-state index contributed by atoms with van der Waals surface area (Å²) in [6.45, 7) is 1.42. The molecule has 69 heavy (non-hydrogen) atoms. The monoisotopic (exact) mass is 998 g/mol. The number of amides is 1. The Balaban J connectivity index is 1.36. The van der Waals surface area contributed by atoms with Gasteiger partial charge in [0.1, 0.15) is 73.2 Å². The average molecular weight is 998 g/mol. The first-order valence-electron chi connectivity index (χ1n) is 26.8. The van der Waals surface area contributed by atoms with Crippen LogP contribution in [0.15, 0.2) is 0 Å². The van der Waals surface area contributed by atoms with Gasteiger partial charge in [-0.3, -0.25) is 4.79 Å². The third-order valence-corrected chi connectivity index (χ3v) is 13.9. The van der Waals surface area contributed by atoms with E-state index in [1.165, 1.54) is 122 Å². The Morgan fingerprint density at radius 2 is 0.826 bits per heavy atom. The van der Waals surface area contributed by atoms with Crippen LogP contribution in [0.5, 0.6) is 0 Å². The fourth-order valence-corrected chi connectivity index (χ4v) is 9.47. The van der Waals surface area contributed by atoms with Crippen molar-refractivity contribution in [3.8, 4) is 0 Å². The van der Waals surface area contributed by atoms with Gasteiger partial charge in [0.25, 0.3) is 0 Å². The topological polar surface area (TPSA) is 307 Å². The maximum atomic E-state index is 12.6. The third-order valence-electron chi connectivity index (χ3n) is 13.9. The highest BCUT2D eigenvalue weighted by Crippen LogP contribution is 2.33. The van der Waals surface area contributed by atoms with Gasteiger partial charge in [-0.15, -0.1) is 0 Å². The van der Waals surface area contributed by atoms with E-state index in [-0.39, 0.29) is 18.9 Å². The fraction of sp³-hybridized carbons (Fsp3) is 0.980. The molecule has 1 amide bonds. The van der Waals surface area contributed by atoms with Gasteiger partial charge in [0, 0.05) is 6.42 Å². The minimum absolute atomic E-state index is 0.219. The molecule has 0 radical (unpaired) electrons. The summed E-state index contributed by atoms with van der Waals surface area (Å²) >= 11 is 0. The van der Waals surface area contributed by atoms with Crippen LogP contribution >= 0.6 is 0 Å². The highest BCUT2D eigenvalue weighted by atomic mass is 16.8. The minimum Gasteiger partial charge on any atom is -0.394 e. The van der Waals surface area contributed by atoms with E-state index in [2.05, 4.69) is 12.2 Å². The number of hydrogen-bond acceptors (Lipinski definition) is 18. The standard InChI is InChI=1S/C50H95NO18/c1-3-5-6-7-8-9-10-11-12-13-14-15-16-17-18-19-20-21-22-23-24-25-26-28-34(55)33(51-38(56)27-4-2)32-64-48-44(62)41(59)46(36(30-53)66-48)69-50-45(63)42(60)47(37(31-54)67-50)68-49-43(61)40(58)39(57)35(29-52)65-49/h33-37,39-50,52-55,57-63H,3-32H2,1-2H3,(H,51,56). The number of rotatable bonds is 38. The van der Waals surface area contributed by atoms with Gasteiger partial charge in [-0.25, -0.2) is 0 Å². The van der Waals surface area contributed by atoms with Crippen molar-refractivity contribution >= 4 is 5.91 Å². The molecule has 3 aliphatic heterocycles. The zero-order valence-corrected chi connectivity index (χ0v) is 41.8. The molecule has 3 heterocycles. The predicted molar refractivity (Wildman–Crippen MR) is 254 cm³/mol. The number of hydrogen-bond donors (Lipinski definition) is 12. The maximum Gasteiger partial charge on any atom is 0.220 e. The molecular formula is C50H95NO18. The van der Waals surface area contributed by atoms with Crippen LogP contribution in [0, 0.1) is 0 Å². The Labute approximate surface area is 411 Å². The lowest BCUT2D eigenvalue weighted by Gasteiger charge is -2.48. The van der Waals surface area contributed by atoms with E-state index >= 15 is 0 Å². The molecule has 12 N–H and O–H groups in total. The lowest BCUT2D eigenvalue weighted by molar-refractivity contribution is -0.379.